The number of piperidine rings is 3. The van der Waals surface area contributed by atoms with E-state index in [0.29, 0.717) is 61.3 Å². The molecule has 4 N–H and O–H groups in total. The average molecular weight is 632 g/mol. The molecule has 1 atom stereocenters. The van der Waals surface area contributed by atoms with Gasteiger partial charge in [0.25, 0.3) is 0 Å². The molecule has 6 rings (SSSR count). The topological polar surface area (TPSA) is 120 Å². The van der Waals surface area contributed by atoms with Crippen LogP contribution in [-0.2, 0) is 11.2 Å². The van der Waals surface area contributed by atoms with Crippen molar-refractivity contribution in [1.29, 1.82) is 0 Å². The number of nitrogens with two attached hydrogens (primary N) is 1. The molecule has 1 aromatic heterocycles. The Morgan fingerprint density at radius 2 is 1.64 bits per heavy atom. The first-order chi connectivity index (χ1) is 21.8. The number of nitrogens with zero attached hydrogens (tertiary/aromatic N) is 4. The summed E-state index contributed by atoms with van der Waals surface area (Å²) in [4.78, 5) is 49.5. The Kier molecular flexibility index (Phi) is 9.38. The highest BCUT2D eigenvalue weighted by molar-refractivity contribution is 6.33. The van der Waals surface area contributed by atoms with Crippen molar-refractivity contribution in [2.45, 2.75) is 69.5 Å². The number of hydrogen-bond acceptors (Lipinski definition) is 5. The third kappa shape index (κ3) is 6.70. The molecule has 10 nitrogen and oxygen atoms in total. The van der Waals surface area contributed by atoms with Gasteiger partial charge in [-0.25, -0.2) is 9.59 Å². The van der Waals surface area contributed by atoms with Crippen LogP contribution >= 0.6 is 11.6 Å². The minimum absolute atomic E-state index is 0.0181. The molecule has 238 valence electrons. The fourth-order valence-electron chi connectivity index (χ4n) is 7.31. The standard InChI is InChI=1S/C34H42ClN7O3/c1-2-24-20-23(21-27(35)31(24)36)22-29(32(43)40-16-10-25(11-17-40)39-14-6-3-7-15-39)38-33(44)41-18-12-26(13-19-41)42-30-9-5-4-8-28(30)37-34(42)45/h1,4-5,8-9,20-21,25-26,29H,3,6-7,10-19,22,36H2,(H,37,45)(H,38,44)/t29-/m1/s1. The molecule has 11 heteroatoms. The van der Waals surface area contributed by atoms with Crippen LogP contribution in [0.2, 0.25) is 5.02 Å². The van der Waals surface area contributed by atoms with Crippen molar-refractivity contribution in [2.75, 3.05) is 45.0 Å². The zero-order chi connectivity index (χ0) is 31.5. The smallest absolute Gasteiger partial charge is 0.326 e. The lowest BCUT2D eigenvalue weighted by Crippen LogP contribution is -2.56. The molecule has 0 aliphatic carbocycles. The maximum atomic E-state index is 14.0. The van der Waals surface area contributed by atoms with E-state index < -0.39 is 6.04 Å². The Bertz CT molecular complexity index is 1640. The van der Waals surface area contributed by atoms with Crippen LogP contribution in [0.5, 0.6) is 0 Å². The first kappa shape index (κ1) is 31.1. The Hall–Kier alpha value is -3.94. The molecule has 3 aliphatic heterocycles. The van der Waals surface area contributed by atoms with Crippen molar-refractivity contribution in [3.05, 3.63) is 63.0 Å². The summed E-state index contributed by atoms with van der Waals surface area (Å²) >= 11 is 6.39. The minimum Gasteiger partial charge on any atom is -0.397 e. The molecule has 3 aromatic rings. The Labute approximate surface area is 268 Å². The van der Waals surface area contributed by atoms with Gasteiger partial charge in [0.1, 0.15) is 6.04 Å². The van der Waals surface area contributed by atoms with Crippen LogP contribution in [0, 0.1) is 12.3 Å². The molecule has 3 amide bonds. The van der Waals surface area contributed by atoms with Gasteiger partial charge in [0.15, 0.2) is 0 Å². The third-order valence-electron chi connectivity index (χ3n) is 9.80. The second-order valence-electron chi connectivity index (χ2n) is 12.6. The number of anilines is 1. The number of para-hydroxylation sites is 2. The van der Waals surface area contributed by atoms with E-state index in [0.717, 1.165) is 42.5 Å². The molecule has 2 aromatic carbocycles. The van der Waals surface area contributed by atoms with Crippen LogP contribution in [-0.4, -0.2) is 87.5 Å². The zero-order valence-electron chi connectivity index (χ0n) is 25.6. The molecule has 4 heterocycles. The van der Waals surface area contributed by atoms with Crippen molar-refractivity contribution in [3.63, 3.8) is 0 Å². The molecular weight excluding hydrogens is 590 g/mol. The predicted molar refractivity (Wildman–Crippen MR) is 177 cm³/mol. The number of urea groups is 1. The number of hydrogen-bond donors (Lipinski definition) is 3. The molecular formula is C34H42ClN7O3. The summed E-state index contributed by atoms with van der Waals surface area (Å²) in [5.41, 5.74) is 9.12. The number of fused-ring (bicyclic) bond motifs is 1. The summed E-state index contributed by atoms with van der Waals surface area (Å²) in [6.07, 6.45) is 12.8. The van der Waals surface area contributed by atoms with E-state index in [-0.39, 0.29) is 30.1 Å². The molecule has 0 bridgehead atoms. The molecule has 3 aliphatic rings. The molecule has 0 radical (unpaired) electrons. The van der Waals surface area contributed by atoms with Gasteiger partial charge in [-0.15, -0.1) is 6.42 Å². The number of rotatable bonds is 6. The van der Waals surface area contributed by atoms with E-state index >= 15 is 0 Å². The van der Waals surface area contributed by atoms with Gasteiger partial charge in [-0.3, -0.25) is 9.36 Å². The van der Waals surface area contributed by atoms with Crippen molar-refractivity contribution in [3.8, 4) is 12.3 Å². The number of likely N-dealkylation sites (tertiary alicyclic amines) is 3. The molecule has 0 saturated carbocycles. The van der Waals surface area contributed by atoms with Crippen LogP contribution < -0.4 is 16.7 Å². The minimum atomic E-state index is -0.789. The molecule has 45 heavy (non-hydrogen) atoms. The number of terminal acetylenes is 1. The molecule has 0 spiro atoms. The van der Waals surface area contributed by atoms with E-state index in [1.807, 2.05) is 29.2 Å². The Morgan fingerprint density at radius 1 is 0.978 bits per heavy atom. The number of amides is 3. The molecule has 3 fully saturated rings. The van der Waals surface area contributed by atoms with Gasteiger partial charge < -0.3 is 30.7 Å². The fourth-order valence-corrected chi connectivity index (χ4v) is 7.55. The van der Waals surface area contributed by atoms with E-state index in [1.165, 1.54) is 19.3 Å². The summed E-state index contributed by atoms with van der Waals surface area (Å²) in [5.74, 6) is 2.47. The Morgan fingerprint density at radius 3 is 2.36 bits per heavy atom. The summed E-state index contributed by atoms with van der Waals surface area (Å²) in [6, 6.07) is 10.5. The van der Waals surface area contributed by atoms with Gasteiger partial charge in [-0.2, -0.15) is 0 Å². The largest absolute Gasteiger partial charge is 0.397 e. The van der Waals surface area contributed by atoms with E-state index in [2.05, 4.69) is 21.1 Å². The van der Waals surface area contributed by atoms with Crippen LogP contribution in [0.4, 0.5) is 10.5 Å². The van der Waals surface area contributed by atoms with E-state index in [4.69, 9.17) is 23.8 Å². The maximum absolute atomic E-state index is 14.0. The lowest BCUT2D eigenvalue weighted by molar-refractivity contribution is -0.134. The Balaban J connectivity index is 1.14. The van der Waals surface area contributed by atoms with Gasteiger partial charge in [-0.05, 0) is 81.4 Å². The van der Waals surface area contributed by atoms with Gasteiger partial charge in [0.2, 0.25) is 5.91 Å². The highest BCUT2D eigenvalue weighted by atomic mass is 35.5. The lowest BCUT2D eigenvalue weighted by Gasteiger charge is -2.41. The first-order valence-electron chi connectivity index (χ1n) is 16.1. The van der Waals surface area contributed by atoms with Crippen molar-refractivity contribution >= 4 is 40.3 Å². The number of benzene rings is 2. The third-order valence-corrected chi connectivity index (χ3v) is 10.1. The monoisotopic (exact) mass is 631 g/mol. The van der Waals surface area contributed by atoms with Gasteiger partial charge in [0, 0.05) is 50.2 Å². The normalized spacial score (nSPS) is 19.4. The quantitative estimate of drug-likeness (QED) is 0.281. The second kappa shape index (κ2) is 13.6. The summed E-state index contributed by atoms with van der Waals surface area (Å²) in [5, 5.41) is 3.38. The van der Waals surface area contributed by atoms with Crippen molar-refractivity contribution in [2.24, 2.45) is 0 Å². The van der Waals surface area contributed by atoms with Gasteiger partial charge in [-0.1, -0.05) is 36.1 Å². The average Bonchev–Trinajstić information content (AvgIpc) is 3.41. The first-order valence-corrected chi connectivity index (χ1v) is 16.5. The van der Waals surface area contributed by atoms with Gasteiger partial charge in [0.05, 0.1) is 21.7 Å². The zero-order valence-corrected chi connectivity index (χ0v) is 26.4. The number of aromatic nitrogens is 2. The maximum Gasteiger partial charge on any atom is 0.326 e. The van der Waals surface area contributed by atoms with Gasteiger partial charge >= 0.3 is 11.7 Å². The molecule has 0 unspecified atom stereocenters. The molecule has 3 saturated heterocycles. The van der Waals surface area contributed by atoms with E-state index in [9.17, 15) is 14.4 Å². The highest BCUT2D eigenvalue weighted by Gasteiger charge is 2.34. The number of nitrogens with one attached hydrogen (secondary N) is 2. The fraction of sp³-hybridized carbons (Fsp3) is 0.500. The second-order valence-corrected chi connectivity index (χ2v) is 13.0. The lowest BCUT2D eigenvalue weighted by atomic mass is 9.97. The number of carbonyl (C=O) groups is 2. The number of H-pyrrole nitrogens is 1. The number of nitrogen functional groups attached to an aromatic ring is 1. The van der Waals surface area contributed by atoms with Crippen molar-refractivity contribution < 1.29 is 9.59 Å². The summed E-state index contributed by atoms with van der Waals surface area (Å²) in [6.45, 7) is 4.54. The predicted octanol–water partition coefficient (Wildman–Crippen LogP) is 3.98. The number of aromatic amines is 1. The van der Waals surface area contributed by atoms with E-state index in [1.54, 1.807) is 21.6 Å². The summed E-state index contributed by atoms with van der Waals surface area (Å²) < 4.78 is 1.80. The highest BCUT2D eigenvalue weighted by Crippen LogP contribution is 2.28. The number of carbonyl (C=O) groups excluding carboxylic acids is 2. The number of halogens is 1. The van der Waals surface area contributed by atoms with Crippen LogP contribution in [0.25, 0.3) is 11.0 Å². The van der Waals surface area contributed by atoms with Crippen LogP contribution in [0.3, 0.4) is 0 Å². The number of imidazole rings is 1. The summed E-state index contributed by atoms with van der Waals surface area (Å²) in [7, 11) is 0. The SMILES string of the molecule is C#Cc1cc(C[C@@H](NC(=O)N2CCC(n3c(=O)[nH]c4ccccc43)CC2)C(=O)N2CCC(N3CCCCC3)CC2)cc(Cl)c1N. The van der Waals surface area contributed by atoms with Crippen LogP contribution in [0.1, 0.15) is 62.1 Å². The van der Waals surface area contributed by atoms with Crippen LogP contribution in [0.15, 0.2) is 41.2 Å². The van der Waals surface area contributed by atoms with Crippen molar-refractivity contribution in [1.82, 2.24) is 29.6 Å².